The van der Waals surface area contributed by atoms with E-state index in [2.05, 4.69) is 20.3 Å². The first-order chi connectivity index (χ1) is 11.0. The minimum Gasteiger partial charge on any atom is -0.243 e. The number of allylic oxidation sites excluding steroid dienone is 3. The van der Waals surface area contributed by atoms with Gasteiger partial charge in [-0.25, -0.2) is 16.6 Å². The van der Waals surface area contributed by atoms with Crippen molar-refractivity contribution in [3.8, 4) is 0 Å². The summed E-state index contributed by atoms with van der Waals surface area (Å²) in [4.78, 5) is 0. The fourth-order valence-electron chi connectivity index (χ4n) is 2.07. The third-order valence-corrected chi connectivity index (χ3v) is 7.96. The molecule has 0 aromatic carbocycles. The first-order valence-corrected chi connectivity index (χ1v) is 10.7. The second kappa shape index (κ2) is 6.72. The van der Waals surface area contributed by atoms with Crippen molar-refractivity contribution in [1.82, 2.24) is 3.97 Å². The first-order valence-electron chi connectivity index (χ1n) is 7.41. The molecule has 24 heavy (non-hydrogen) atoms. The maximum atomic E-state index is 13.1. The molecular weight excluding hydrogens is 412 g/mol. The molecule has 0 spiro atoms. The van der Waals surface area contributed by atoms with Crippen LogP contribution in [0.15, 0.2) is 45.4 Å². The molecule has 2 rings (SSSR count). The topological polar surface area (TPSA) is 68.5 Å². The summed E-state index contributed by atoms with van der Waals surface area (Å²) >= 11 is 3.35. The molecule has 0 saturated heterocycles. The van der Waals surface area contributed by atoms with Crippen molar-refractivity contribution < 1.29 is 12.6 Å². The highest BCUT2D eigenvalue weighted by atomic mass is 79.9. The average molecular weight is 433 g/mol. The quantitative estimate of drug-likeness (QED) is 0.682. The summed E-state index contributed by atoms with van der Waals surface area (Å²) in [6.07, 6.45) is 8.48. The van der Waals surface area contributed by atoms with Crippen molar-refractivity contribution in [2.45, 2.75) is 43.6 Å². The fraction of sp³-hybridized carbons (Fsp3) is 0.438. The average Bonchev–Trinajstić information content (AvgIpc) is 2.96. The van der Waals surface area contributed by atoms with Crippen LogP contribution in [0.1, 0.15) is 39.8 Å². The second-order valence-electron chi connectivity index (χ2n) is 6.77. The Morgan fingerprint density at radius 2 is 2.08 bits per heavy atom. The largest absolute Gasteiger partial charge is 0.248 e. The summed E-state index contributed by atoms with van der Waals surface area (Å²) < 4.78 is 42.7. The van der Waals surface area contributed by atoms with Crippen LogP contribution in [0.2, 0.25) is 0 Å². The lowest BCUT2D eigenvalue weighted by Crippen LogP contribution is -2.38. The summed E-state index contributed by atoms with van der Waals surface area (Å²) in [5.41, 5.74) is 0.385. The maximum absolute atomic E-state index is 13.1. The molecular formula is C16H21BrN2O3S2. The Hall–Kier alpha value is -0.990. The standard InChI is InChI=1S/C16H21BrN2O3S2/c1-15(2,3)23(20)18-12-14-6-5-11-19(14)24(21,22)16(4)9-7-13(17)8-10-16/h5-9,11-12H,10H2,1-4H3. The van der Waals surface area contributed by atoms with Crippen molar-refractivity contribution in [2.75, 3.05) is 0 Å². The normalized spacial score (nSPS) is 23.5. The molecule has 0 N–H and O–H groups in total. The molecule has 8 heteroatoms. The summed E-state index contributed by atoms with van der Waals surface area (Å²) in [7, 11) is -5.13. The van der Waals surface area contributed by atoms with E-state index < -0.39 is 30.5 Å². The summed E-state index contributed by atoms with van der Waals surface area (Å²) in [5.74, 6) is 0. The van der Waals surface area contributed by atoms with E-state index in [1.165, 1.54) is 16.4 Å². The molecule has 5 nitrogen and oxygen atoms in total. The molecule has 2 atom stereocenters. The fourth-order valence-corrected chi connectivity index (χ4v) is 4.48. The van der Waals surface area contributed by atoms with Crippen molar-refractivity contribution in [3.05, 3.63) is 46.7 Å². The minimum atomic E-state index is -3.68. The van der Waals surface area contributed by atoms with Crippen molar-refractivity contribution in [2.24, 2.45) is 4.40 Å². The highest BCUT2D eigenvalue weighted by Crippen LogP contribution is 2.32. The SMILES string of the molecule is CC(C)(C)S(=O)N=Cc1cccn1S(=O)(=O)C1(C)C=CC(Br)=CC1. The molecule has 0 amide bonds. The Bertz CT molecular complexity index is 845. The van der Waals surface area contributed by atoms with Gasteiger partial charge in [0.1, 0.15) is 15.7 Å². The van der Waals surface area contributed by atoms with Gasteiger partial charge >= 0.3 is 0 Å². The highest BCUT2D eigenvalue weighted by molar-refractivity contribution is 9.11. The van der Waals surface area contributed by atoms with E-state index in [4.69, 9.17) is 0 Å². The summed E-state index contributed by atoms with van der Waals surface area (Å²) in [5, 5.41) is 0. The Balaban J connectivity index is 2.38. The predicted octanol–water partition coefficient (Wildman–Crippen LogP) is 3.54. The van der Waals surface area contributed by atoms with Crippen LogP contribution in [0.5, 0.6) is 0 Å². The lowest BCUT2D eigenvalue weighted by molar-refractivity contribution is 0.553. The van der Waals surface area contributed by atoms with E-state index in [0.29, 0.717) is 12.1 Å². The van der Waals surface area contributed by atoms with Gasteiger partial charge in [0.25, 0.3) is 0 Å². The van der Waals surface area contributed by atoms with E-state index in [0.717, 1.165) is 4.48 Å². The Morgan fingerprint density at radius 1 is 1.42 bits per heavy atom. The van der Waals surface area contributed by atoms with Gasteiger partial charge in [-0.3, -0.25) is 0 Å². The van der Waals surface area contributed by atoms with Gasteiger partial charge in [0, 0.05) is 10.7 Å². The lowest BCUT2D eigenvalue weighted by atomic mass is 10.0. The number of rotatable bonds is 4. The van der Waals surface area contributed by atoms with E-state index >= 15 is 0 Å². The van der Waals surface area contributed by atoms with Crippen molar-refractivity contribution in [1.29, 1.82) is 0 Å². The maximum Gasteiger partial charge on any atom is 0.248 e. The molecule has 132 valence electrons. The zero-order valence-corrected chi connectivity index (χ0v) is 17.3. The molecule has 1 aliphatic carbocycles. The smallest absolute Gasteiger partial charge is 0.243 e. The van der Waals surface area contributed by atoms with Gasteiger partial charge in [0.05, 0.1) is 16.7 Å². The number of nitrogens with zero attached hydrogens (tertiary/aromatic N) is 2. The van der Waals surface area contributed by atoms with Crippen LogP contribution in [0.3, 0.4) is 0 Å². The number of halogens is 1. The molecule has 0 fully saturated rings. The van der Waals surface area contributed by atoms with Gasteiger partial charge in [0.2, 0.25) is 10.0 Å². The lowest BCUT2D eigenvalue weighted by Gasteiger charge is -2.28. The molecule has 2 unspecified atom stereocenters. The van der Waals surface area contributed by atoms with Crippen LogP contribution in [-0.4, -0.2) is 32.3 Å². The minimum absolute atomic E-state index is 0.370. The molecule has 1 aliphatic rings. The van der Waals surface area contributed by atoms with Crippen LogP contribution in [0.25, 0.3) is 0 Å². The number of hydrogen-bond donors (Lipinski definition) is 0. The second-order valence-corrected chi connectivity index (χ2v) is 11.9. The van der Waals surface area contributed by atoms with Gasteiger partial charge in [-0.05, 0) is 46.2 Å². The first kappa shape index (κ1) is 19.3. The van der Waals surface area contributed by atoms with Gasteiger partial charge in [0.15, 0.2) is 0 Å². The predicted molar refractivity (Wildman–Crippen MR) is 103 cm³/mol. The zero-order chi connectivity index (χ0) is 18.2. The molecule has 0 bridgehead atoms. The van der Waals surface area contributed by atoms with Crippen LogP contribution < -0.4 is 0 Å². The monoisotopic (exact) mass is 432 g/mol. The van der Waals surface area contributed by atoms with Crippen LogP contribution in [0.4, 0.5) is 0 Å². The van der Waals surface area contributed by atoms with Gasteiger partial charge in [-0.15, -0.1) is 0 Å². The van der Waals surface area contributed by atoms with E-state index in [1.807, 2.05) is 26.8 Å². The molecule has 1 heterocycles. The number of aromatic nitrogens is 1. The van der Waals surface area contributed by atoms with Gasteiger partial charge in [-0.2, -0.15) is 4.40 Å². The Labute approximate surface area is 154 Å². The third kappa shape index (κ3) is 3.81. The van der Waals surface area contributed by atoms with E-state index in [9.17, 15) is 12.6 Å². The third-order valence-electron chi connectivity index (χ3n) is 3.69. The van der Waals surface area contributed by atoms with Crippen LogP contribution in [-0.2, 0) is 21.0 Å². The van der Waals surface area contributed by atoms with Gasteiger partial charge in [-0.1, -0.05) is 34.2 Å². The Kier molecular flexibility index (Phi) is 5.42. The van der Waals surface area contributed by atoms with Crippen LogP contribution in [0, 0.1) is 0 Å². The zero-order valence-electron chi connectivity index (χ0n) is 14.1. The molecule has 0 saturated carbocycles. The highest BCUT2D eigenvalue weighted by Gasteiger charge is 2.39. The molecule has 0 aliphatic heterocycles. The number of hydrogen-bond acceptors (Lipinski definition) is 3. The molecule has 1 aromatic heterocycles. The van der Waals surface area contributed by atoms with Crippen molar-refractivity contribution in [3.63, 3.8) is 0 Å². The summed E-state index contributed by atoms with van der Waals surface area (Å²) in [6, 6.07) is 3.28. The van der Waals surface area contributed by atoms with E-state index in [-0.39, 0.29) is 0 Å². The molecule has 0 radical (unpaired) electrons. The summed E-state index contributed by atoms with van der Waals surface area (Å²) in [6.45, 7) is 7.12. The van der Waals surface area contributed by atoms with E-state index in [1.54, 1.807) is 31.2 Å². The molecule has 1 aromatic rings. The Morgan fingerprint density at radius 3 is 2.62 bits per heavy atom. The van der Waals surface area contributed by atoms with Gasteiger partial charge < -0.3 is 0 Å². The van der Waals surface area contributed by atoms with Crippen molar-refractivity contribution >= 4 is 43.2 Å². The van der Waals surface area contributed by atoms with Crippen LogP contribution >= 0.6 is 15.9 Å².